The molecule has 2 aromatic rings. The fourth-order valence-corrected chi connectivity index (χ4v) is 3.80. The van der Waals surface area contributed by atoms with Crippen LogP contribution in [0.1, 0.15) is 34.1 Å². The number of piperidine rings is 1. The van der Waals surface area contributed by atoms with Gasteiger partial charge >= 0.3 is 0 Å². The molecule has 0 bridgehead atoms. The number of aryl methyl sites for hydroxylation is 3. The Kier molecular flexibility index (Phi) is 5.51. The highest BCUT2D eigenvalue weighted by Gasteiger charge is 2.29. The number of carbonyl (C=O) groups excluding carboxylic acids is 1. The maximum atomic E-state index is 12.3. The molecule has 1 aliphatic rings. The maximum absolute atomic E-state index is 12.3. The topological polar surface area (TPSA) is 91.5 Å². The predicted octanol–water partition coefficient (Wildman–Crippen LogP) is 1.35. The van der Waals surface area contributed by atoms with E-state index in [0.717, 1.165) is 41.5 Å². The Hall–Kier alpha value is -1.77. The lowest BCUT2D eigenvalue weighted by Crippen LogP contribution is -2.54. The van der Waals surface area contributed by atoms with Crippen LogP contribution in [-0.4, -0.2) is 51.3 Å². The number of aliphatic hydroxyl groups is 1. The molecule has 7 nitrogen and oxygen atoms in total. The number of nitrogens with zero attached hydrogens (tertiary/aromatic N) is 3. The van der Waals surface area contributed by atoms with Crippen molar-refractivity contribution < 1.29 is 14.4 Å². The largest absolute Gasteiger partial charge is 0.390 e. The molecule has 0 aromatic carbocycles. The quantitative estimate of drug-likeness (QED) is 0.832. The molecule has 8 heteroatoms. The smallest absolute Gasteiger partial charge is 0.224 e. The van der Waals surface area contributed by atoms with Gasteiger partial charge < -0.3 is 14.9 Å². The number of hydrogen-bond donors (Lipinski definition) is 2. The van der Waals surface area contributed by atoms with Crippen molar-refractivity contribution >= 4 is 17.2 Å². The zero-order valence-corrected chi connectivity index (χ0v) is 15.6. The molecule has 25 heavy (non-hydrogen) atoms. The fraction of sp³-hybridized carbons (Fsp3) is 0.588. The minimum atomic E-state index is -0.581. The zero-order chi connectivity index (χ0) is 18.0. The summed E-state index contributed by atoms with van der Waals surface area (Å²) in [4.78, 5) is 18.9. The van der Waals surface area contributed by atoms with Gasteiger partial charge in [0.15, 0.2) is 0 Å². The summed E-state index contributed by atoms with van der Waals surface area (Å²) in [5, 5.41) is 20.3. The van der Waals surface area contributed by atoms with E-state index in [-0.39, 0.29) is 18.4 Å². The van der Waals surface area contributed by atoms with Gasteiger partial charge in [0.25, 0.3) is 0 Å². The van der Waals surface area contributed by atoms with Gasteiger partial charge in [-0.15, -0.1) is 11.3 Å². The van der Waals surface area contributed by atoms with Gasteiger partial charge in [0.2, 0.25) is 5.91 Å². The SMILES string of the molecule is Cc1nc(CN2CC[C@@H](NC(=O)Cc3c(C)noc3C)[C@H](O)C2)cs1. The summed E-state index contributed by atoms with van der Waals surface area (Å²) in [6.45, 7) is 7.71. The van der Waals surface area contributed by atoms with Crippen LogP contribution in [0.4, 0.5) is 0 Å². The second kappa shape index (κ2) is 7.63. The zero-order valence-electron chi connectivity index (χ0n) is 14.8. The van der Waals surface area contributed by atoms with E-state index in [9.17, 15) is 9.90 Å². The van der Waals surface area contributed by atoms with Crippen LogP contribution < -0.4 is 5.32 Å². The van der Waals surface area contributed by atoms with Gasteiger partial charge in [0, 0.05) is 30.6 Å². The molecule has 3 heterocycles. The number of carbonyl (C=O) groups is 1. The van der Waals surface area contributed by atoms with E-state index in [4.69, 9.17) is 4.52 Å². The molecular formula is C17H24N4O3S. The first-order chi connectivity index (χ1) is 11.9. The van der Waals surface area contributed by atoms with Crippen molar-refractivity contribution in [3.63, 3.8) is 0 Å². The van der Waals surface area contributed by atoms with Crippen molar-refractivity contribution in [1.29, 1.82) is 0 Å². The fourth-order valence-electron chi connectivity index (χ4n) is 3.19. The van der Waals surface area contributed by atoms with Crippen LogP contribution in [0, 0.1) is 20.8 Å². The summed E-state index contributed by atoms with van der Waals surface area (Å²) in [7, 11) is 0. The van der Waals surface area contributed by atoms with Crippen molar-refractivity contribution in [3.05, 3.63) is 33.1 Å². The molecule has 1 aliphatic heterocycles. The Labute approximate surface area is 151 Å². The van der Waals surface area contributed by atoms with Crippen molar-refractivity contribution in [1.82, 2.24) is 20.4 Å². The average Bonchev–Trinajstić information content (AvgIpc) is 3.10. The summed E-state index contributed by atoms with van der Waals surface area (Å²) >= 11 is 1.64. The molecule has 2 aromatic heterocycles. The standard InChI is InChI=1S/C17H24N4O3S/c1-10-14(11(2)24-20-10)6-17(23)19-15-4-5-21(8-16(15)22)7-13-9-25-12(3)18-13/h9,15-16,22H,4-8H2,1-3H3,(H,19,23)/t15-,16-/m1/s1. The number of rotatable bonds is 5. The minimum absolute atomic E-state index is 0.109. The third-order valence-electron chi connectivity index (χ3n) is 4.58. The minimum Gasteiger partial charge on any atom is -0.390 e. The van der Waals surface area contributed by atoms with Crippen molar-refractivity contribution in [2.75, 3.05) is 13.1 Å². The first-order valence-corrected chi connectivity index (χ1v) is 9.33. The van der Waals surface area contributed by atoms with E-state index in [1.165, 1.54) is 0 Å². The van der Waals surface area contributed by atoms with Gasteiger partial charge in [-0.05, 0) is 27.2 Å². The normalized spacial score (nSPS) is 21.4. The van der Waals surface area contributed by atoms with Crippen LogP contribution in [0.15, 0.2) is 9.90 Å². The number of nitrogens with one attached hydrogen (secondary N) is 1. The Balaban J connectivity index is 1.50. The summed E-state index contributed by atoms with van der Waals surface area (Å²) < 4.78 is 5.09. The van der Waals surface area contributed by atoms with Crippen LogP contribution in [0.3, 0.4) is 0 Å². The summed E-state index contributed by atoms with van der Waals surface area (Å²) in [5.41, 5.74) is 2.60. The molecule has 2 N–H and O–H groups in total. The Morgan fingerprint density at radius 2 is 2.28 bits per heavy atom. The Morgan fingerprint density at radius 3 is 2.88 bits per heavy atom. The van der Waals surface area contributed by atoms with Crippen LogP contribution in [-0.2, 0) is 17.8 Å². The summed E-state index contributed by atoms with van der Waals surface area (Å²) in [5.74, 6) is 0.559. The van der Waals surface area contributed by atoms with Gasteiger partial charge in [0.1, 0.15) is 5.76 Å². The summed E-state index contributed by atoms with van der Waals surface area (Å²) in [6.07, 6.45) is 0.367. The molecule has 1 amide bonds. The average molecular weight is 364 g/mol. The number of amides is 1. The van der Waals surface area contributed by atoms with Gasteiger partial charge in [-0.1, -0.05) is 5.16 Å². The van der Waals surface area contributed by atoms with Gasteiger partial charge in [-0.3, -0.25) is 9.69 Å². The van der Waals surface area contributed by atoms with E-state index in [0.29, 0.717) is 12.3 Å². The Bertz CT molecular complexity index is 723. The van der Waals surface area contributed by atoms with Gasteiger partial charge in [-0.2, -0.15) is 0 Å². The van der Waals surface area contributed by atoms with E-state index >= 15 is 0 Å². The lowest BCUT2D eigenvalue weighted by molar-refractivity contribution is -0.122. The number of likely N-dealkylation sites (tertiary alicyclic amines) is 1. The lowest BCUT2D eigenvalue weighted by atomic mass is 10.0. The first kappa shape index (κ1) is 18.0. The monoisotopic (exact) mass is 364 g/mol. The molecule has 0 spiro atoms. The van der Waals surface area contributed by atoms with Crippen LogP contribution >= 0.6 is 11.3 Å². The molecule has 0 saturated carbocycles. The highest BCUT2D eigenvalue weighted by molar-refractivity contribution is 7.09. The second-order valence-electron chi connectivity index (χ2n) is 6.60. The van der Waals surface area contributed by atoms with Crippen molar-refractivity contribution in [2.24, 2.45) is 0 Å². The third-order valence-corrected chi connectivity index (χ3v) is 5.41. The molecule has 2 atom stereocenters. The molecular weight excluding hydrogens is 340 g/mol. The number of β-amino-alcohol motifs (C(OH)–C–C–N with tert-alkyl or cyclic N) is 1. The van der Waals surface area contributed by atoms with E-state index in [2.05, 4.69) is 25.7 Å². The molecule has 0 unspecified atom stereocenters. The number of thiazole rings is 1. The van der Waals surface area contributed by atoms with Gasteiger partial charge in [-0.25, -0.2) is 4.98 Å². The number of hydrogen-bond acceptors (Lipinski definition) is 7. The second-order valence-corrected chi connectivity index (χ2v) is 7.66. The number of aliphatic hydroxyl groups excluding tert-OH is 1. The lowest BCUT2D eigenvalue weighted by Gasteiger charge is -2.35. The molecule has 0 radical (unpaired) electrons. The van der Waals surface area contributed by atoms with Crippen molar-refractivity contribution in [3.8, 4) is 0 Å². The number of aromatic nitrogens is 2. The summed E-state index contributed by atoms with van der Waals surface area (Å²) in [6, 6.07) is -0.221. The van der Waals surface area contributed by atoms with E-state index < -0.39 is 6.10 Å². The molecule has 0 aliphatic carbocycles. The Morgan fingerprint density at radius 1 is 1.48 bits per heavy atom. The molecule has 1 saturated heterocycles. The molecule has 1 fully saturated rings. The molecule has 3 rings (SSSR count). The van der Waals surface area contributed by atoms with Crippen LogP contribution in [0.2, 0.25) is 0 Å². The first-order valence-electron chi connectivity index (χ1n) is 8.45. The van der Waals surface area contributed by atoms with E-state index in [1.807, 2.05) is 13.8 Å². The van der Waals surface area contributed by atoms with Crippen LogP contribution in [0.25, 0.3) is 0 Å². The third kappa shape index (κ3) is 4.45. The van der Waals surface area contributed by atoms with E-state index in [1.54, 1.807) is 18.3 Å². The highest BCUT2D eigenvalue weighted by atomic mass is 32.1. The predicted molar refractivity (Wildman–Crippen MR) is 94.4 cm³/mol. The highest BCUT2D eigenvalue weighted by Crippen LogP contribution is 2.17. The van der Waals surface area contributed by atoms with Crippen molar-refractivity contribution in [2.45, 2.75) is 52.3 Å². The molecule has 136 valence electrons. The van der Waals surface area contributed by atoms with Gasteiger partial charge in [0.05, 0.1) is 35.0 Å². The van der Waals surface area contributed by atoms with Crippen LogP contribution in [0.5, 0.6) is 0 Å². The maximum Gasteiger partial charge on any atom is 0.224 e.